The predicted molar refractivity (Wildman–Crippen MR) is 168 cm³/mol. The smallest absolute Gasteiger partial charge is 0.0649 e. The Bertz CT molecular complexity index is 703. The maximum atomic E-state index is 11.3. The van der Waals surface area contributed by atoms with Crippen LogP contribution in [0.15, 0.2) is 0 Å². The number of aliphatic hydroxyl groups excluding tert-OH is 2. The fourth-order valence-corrected chi connectivity index (χ4v) is 8.93. The van der Waals surface area contributed by atoms with Gasteiger partial charge in [0.05, 0.1) is 30.7 Å². The van der Waals surface area contributed by atoms with Gasteiger partial charge in [0.25, 0.3) is 0 Å². The lowest BCUT2D eigenvalue weighted by atomic mass is 9.68. The summed E-state index contributed by atoms with van der Waals surface area (Å²) >= 11 is 0. The quantitative estimate of drug-likeness (QED) is 0.203. The van der Waals surface area contributed by atoms with Crippen molar-refractivity contribution in [3.8, 4) is 0 Å². The first-order valence-electron chi connectivity index (χ1n) is 17.5. The van der Waals surface area contributed by atoms with E-state index in [1.165, 1.54) is 77.0 Å². The third kappa shape index (κ3) is 8.46. The maximum absolute atomic E-state index is 11.3. The van der Waals surface area contributed by atoms with Crippen LogP contribution in [0.25, 0.3) is 0 Å². The molecule has 5 nitrogen and oxygen atoms in total. The molecule has 1 saturated heterocycles. The molecule has 1 heterocycles. The van der Waals surface area contributed by atoms with Crippen LogP contribution in [0, 0.1) is 46.3 Å². The lowest BCUT2D eigenvalue weighted by Crippen LogP contribution is -2.73. The highest BCUT2D eigenvalue weighted by Gasteiger charge is 2.45. The van der Waals surface area contributed by atoms with E-state index in [0.717, 1.165) is 24.7 Å². The molecule has 1 aliphatic heterocycles. The van der Waals surface area contributed by atoms with Crippen LogP contribution in [0.1, 0.15) is 145 Å². The van der Waals surface area contributed by atoms with Gasteiger partial charge in [-0.3, -0.25) is 16.0 Å². The molecule has 6 unspecified atom stereocenters. The van der Waals surface area contributed by atoms with Gasteiger partial charge in [0.2, 0.25) is 0 Å². The molecule has 4 fully saturated rings. The van der Waals surface area contributed by atoms with E-state index in [4.69, 9.17) is 0 Å². The highest BCUT2D eigenvalue weighted by atomic mass is 16.3. The summed E-state index contributed by atoms with van der Waals surface area (Å²) in [7, 11) is 0. The standard InChI is InChI=1S/C35H67N3O2/c1-8-9-10-11-12-25-21-28(30(40)22-29(25)39)33-37-31(23-13-17-26(18-14-23)34(2,3)4)36-32(38-33)24-15-19-27(20-16-24)35(5,6)7/h23-33,36-40H,8-22H2,1-7H3. The molecule has 0 aromatic carbocycles. The van der Waals surface area contributed by atoms with E-state index in [-0.39, 0.29) is 18.2 Å². The Morgan fingerprint density at radius 3 is 1.50 bits per heavy atom. The highest BCUT2D eigenvalue weighted by Crippen LogP contribution is 2.44. The van der Waals surface area contributed by atoms with Crippen LogP contribution in [0.2, 0.25) is 0 Å². The van der Waals surface area contributed by atoms with Crippen molar-refractivity contribution in [3.63, 3.8) is 0 Å². The first-order chi connectivity index (χ1) is 18.9. The van der Waals surface area contributed by atoms with Gasteiger partial charge < -0.3 is 10.2 Å². The van der Waals surface area contributed by atoms with Crippen molar-refractivity contribution in [2.24, 2.45) is 46.3 Å². The SMILES string of the molecule is CCCCCCC1CC(C2NC(C3CCC(C(C)(C)C)CC3)NC(C3CCC(C(C)(C)C)CC3)N2)C(O)CC1O. The molecule has 5 heteroatoms. The van der Waals surface area contributed by atoms with Gasteiger partial charge in [-0.15, -0.1) is 0 Å². The molecular weight excluding hydrogens is 494 g/mol. The van der Waals surface area contributed by atoms with Crippen LogP contribution < -0.4 is 16.0 Å². The lowest BCUT2D eigenvalue weighted by Gasteiger charge is -2.51. The molecule has 0 spiro atoms. The normalized spacial score (nSPS) is 42.1. The van der Waals surface area contributed by atoms with Crippen molar-refractivity contribution >= 4 is 0 Å². The fraction of sp³-hybridized carbons (Fsp3) is 1.00. The Hall–Kier alpha value is -0.200. The fourth-order valence-electron chi connectivity index (χ4n) is 8.93. The monoisotopic (exact) mass is 562 g/mol. The van der Waals surface area contributed by atoms with E-state index in [1.807, 2.05) is 0 Å². The molecule has 4 aliphatic rings. The molecule has 0 amide bonds. The molecule has 40 heavy (non-hydrogen) atoms. The average Bonchev–Trinajstić information content (AvgIpc) is 2.91. The van der Waals surface area contributed by atoms with Crippen molar-refractivity contribution < 1.29 is 10.2 Å². The predicted octanol–water partition coefficient (Wildman–Crippen LogP) is 7.17. The topological polar surface area (TPSA) is 76.5 Å². The van der Waals surface area contributed by atoms with Gasteiger partial charge in [0, 0.05) is 5.92 Å². The van der Waals surface area contributed by atoms with Crippen LogP contribution in [-0.2, 0) is 0 Å². The van der Waals surface area contributed by atoms with E-state index in [1.54, 1.807) is 0 Å². The summed E-state index contributed by atoms with van der Waals surface area (Å²) in [6.45, 7) is 16.7. The minimum Gasteiger partial charge on any atom is -0.393 e. The third-order valence-electron chi connectivity index (χ3n) is 12.0. The summed E-state index contributed by atoms with van der Waals surface area (Å²) in [6.07, 6.45) is 17.9. The largest absolute Gasteiger partial charge is 0.393 e. The number of hydrogen-bond donors (Lipinski definition) is 5. The number of nitrogens with one attached hydrogen (secondary N) is 3. The molecule has 0 bridgehead atoms. The van der Waals surface area contributed by atoms with Crippen LogP contribution in [0.3, 0.4) is 0 Å². The first-order valence-corrected chi connectivity index (χ1v) is 17.5. The Balaban J connectivity index is 1.45. The van der Waals surface area contributed by atoms with E-state index in [9.17, 15) is 10.2 Å². The summed E-state index contributed by atoms with van der Waals surface area (Å²) in [5.41, 5.74) is 0.797. The second-order valence-electron chi connectivity index (χ2n) is 16.8. The Labute approximate surface area is 247 Å². The summed E-state index contributed by atoms with van der Waals surface area (Å²) < 4.78 is 0. The molecule has 0 radical (unpaired) electrons. The van der Waals surface area contributed by atoms with Gasteiger partial charge in [0.15, 0.2) is 0 Å². The molecule has 4 rings (SSSR count). The van der Waals surface area contributed by atoms with Crippen LogP contribution >= 0.6 is 0 Å². The maximum Gasteiger partial charge on any atom is 0.0649 e. The molecule has 3 saturated carbocycles. The van der Waals surface area contributed by atoms with Gasteiger partial charge in [-0.2, -0.15) is 0 Å². The molecule has 5 N–H and O–H groups in total. The molecule has 0 aromatic heterocycles. The molecular formula is C35H67N3O2. The van der Waals surface area contributed by atoms with Gasteiger partial charge in [-0.1, -0.05) is 74.1 Å². The molecule has 3 aliphatic carbocycles. The summed E-state index contributed by atoms with van der Waals surface area (Å²) in [6, 6.07) is 0. The molecule has 0 aromatic rings. The minimum absolute atomic E-state index is 0.109. The summed E-state index contributed by atoms with van der Waals surface area (Å²) in [4.78, 5) is 0. The zero-order chi connectivity index (χ0) is 29.1. The second-order valence-corrected chi connectivity index (χ2v) is 16.8. The number of hydrogen-bond acceptors (Lipinski definition) is 5. The van der Waals surface area contributed by atoms with E-state index < -0.39 is 6.10 Å². The molecule has 234 valence electrons. The highest BCUT2D eigenvalue weighted by molar-refractivity contribution is 4.99. The Morgan fingerprint density at radius 2 is 1.05 bits per heavy atom. The van der Waals surface area contributed by atoms with E-state index in [0.29, 0.717) is 47.3 Å². The van der Waals surface area contributed by atoms with Crippen molar-refractivity contribution in [3.05, 3.63) is 0 Å². The van der Waals surface area contributed by atoms with Crippen molar-refractivity contribution in [1.82, 2.24) is 16.0 Å². The van der Waals surface area contributed by atoms with Crippen LogP contribution in [-0.4, -0.2) is 40.9 Å². The zero-order valence-electron chi connectivity index (χ0n) is 27.4. The van der Waals surface area contributed by atoms with Crippen LogP contribution in [0.4, 0.5) is 0 Å². The minimum atomic E-state index is -0.445. The summed E-state index contributed by atoms with van der Waals surface area (Å²) in [5.74, 6) is 3.40. The van der Waals surface area contributed by atoms with Gasteiger partial charge in [-0.25, -0.2) is 0 Å². The zero-order valence-corrected chi connectivity index (χ0v) is 27.4. The first kappa shape index (κ1) is 32.7. The van der Waals surface area contributed by atoms with E-state index >= 15 is 0 Å². The van der Waals surface area contributed by atoms with Crippen molar-refractivity contribution in [1.29, 1.82) is 0 Å². The third-order valence-corrected chi connectivity index (χ3v) is 12.0. The summed E-state index contributed by atoms with van der Waals surface area (Å²) in [5, 5.41) is 34.3. The number of unbranched alkanes of at least 4 members (excludes halogenated alkanes) is 3. The number of rotatable bonds is 8. The van der Waals surface area contributed by atoms with E-state index in [2.05, 4.69) is 64.4 Å². The van der Waals surface area contributed by atoms with Crippen LogP contribution in [0.5, 0.6) is 0 Å². The van der Waals surface area contributed by atoms with Crippen molar-refractivity contribution in [2.45, 2.75) is 175 Å². The molecule has 6 atom stereocenters. The van der Waals surface area contributed by atoms with Gasteiger partial charge >= 0.3 is 0 Å². The van der Waals surface area contributed by atoms with Gasteiger partial charge in [-0.05, 0) is 111 Å². The number of aliphatic hydroxyl groups is 2. The lowest BCUT2D eigenvalue weighted by molar-refractivity contribution is -0.0665. The van der Waals surface area contributed by atoms with Gasteiger partial charge in [0.1, 0.15) is 0 Å². The Morgan fingerprint density at radius 1 is 0.575 bits per heavy atom. The Kier molecular flexibility index (Phi) is 11.5. The average molecular weight is 562 g/mol. The second kappa shape index (κ2) is 14.1. The van der Waals surface area contributed by atoms with Crippen molar-refractivity contribution in [2.75, 3.05) is 0 Å².